The first-order valence-electron chi connectivity index (χ1n) is 6.20. The Hall–Kier alpha value is -2.08. The van der Waals surface area contributed by atoms with E-state index in [1.54, 1.807) is 38.1 Å². The van der Waals surface area contributed by atoms with Gasteiger partial charge in [-0.3, -0.25) is 4.79 Å². The van der Waals surface area contributed by atoms with Crippen LogP contribution in [0.1, 0.15) is 32.2 Å². The van der Waals surface area contributed by atoms with Crippen molar-refractivity contribution in [3.63, 3.8) is 0 Å². The van der Waals surface area contributed by atoms with E-state index in [0.717, 1.165) is 0 Å². The molecule has 0 saturated heterocycles. The second-order valence-electron chi connectivity index (χ2n) is 4.39. The third kappa shape index (κ3) is 3.00. The lowest BCUT2D eigenvalue weighted by atomic mass is 10.1. The number of methoxy groups -OCH3 is 1. The Labute approximate surface area is 130 Å². The monoisotopic (exact) mass is 351 g/mol. The zero-order valence-electron chi connectivity index (χ0n) is 11.8. The maximum Gasteiger partial charge on any atom is 0.339 e. The maximum absolute atomic E-state index is 12.4. The van der Waals surface area contributed by atoms with Crippen LogP contribution in [0.25, 0.3) is 0 Å². The van der Waals surface area contributed by atoms with E-state index in [1.165, 1.54) is 7.11 Å². The van der Waals surface area contributed by atoms with Crippen LogP contribution in [0.3, 0.4) is 0 Å². The highest BCUT2D eigenvalue weighted by molar-refractivity contribution is 9.10. The molecule has 0 spiro atoms. The third-order valence-electron chi connectivity index (χ3n) is 2.99. The molecule has 0 aliphatic rings. The molecule has 1 aromatic heterocycles. The second kappa shape index (κ2) is 6.13. The van der Waals surface area contributed by atoms with Gasteiger partial charge in [-0.2, -0.15) is 0 Å². The highest BCUT2D eigenvalue weighted by atomic mass is 79.9. The fourth-order valence-corrected chi connectivity index (χ4v) is 2.52. The minimum atomic E-state index is -0.509. The average Bonchev–Trinajstić information content (AvgIpc) is 2.71. The van der Waals surface area contributed by atoms with Crippen LogP contribution in [0.4, 0.5) is 5.69 Å². The van der Waals surface area contributed by atoms with Crippen molar-refractivity contribution in [2.45, 2.75) is 13.8 Å². The molecule has 0 radical (unpaired) electrons. The van der Waals surface area contributed by atoms with E-state index in [4.69, 9.17) is 9.15 Å². The number of halogens is 1. The molecule has 1 heterocycles. The molecule has 21 heavy (non-hydrogen) atoms. The highest BCUT2D eigenvalue weighted by Gasteiger charge is 2.21. The number of benzene rings is 1. The Bertz CT molecular complexity index is 706. The number of amides is 1. The summed E-state index contributed by atoms with van der Waals surface area (Å²) in [4.78, 5) is 24.1. The van der Waals surface area contributed by atoms with E-state index >= 15 is 0 Å². The molecule has 5 nitrogen and oxygen atoms in total. The molecule has 0 fully saturated rings. The summed E-state index contributed by atoms with van der Waals surface area (Å²) in [5, 5.41) is 2.71. The molecule has 2 rings (SSSR count). The Morgan fingerprint density at radius 1 is 1.19 bits per heavy atom. The van der Waals surface area contributed by atoms with Crippen molar-refractivity contribution in [1.82, 2.24) is 0 Å². The normalized spacial score (nSPS) is 10.3. The van der Waals surface area contributed by atoms with Crippen LogP contribution >= 0.6 is 15.9 Å². The topological polar surface area (TPSA) is 68.5 Å². The van der Waals surface area contributed by atoms with Crippen molar-refractivity contribution in [3.05, 3.63) is 51.4 Å². The fraction of sp³-hybridized carbons (Fsp3) is 0.200. The van der Waals surface area contributed by atoms with Crippen LogP contribution in [0, 0.1) is 13.8 Å². The zero-order chi connectivity index (χ0) is 15.6. The number of anilines is 1. The van der Waals surface area contributed by atoms with Crippen LogP contribution in [-0.4, -0.2) is 19.0 Å². The molecule has 110 valence electrons. The van der Waals surface area contributed by atoms with Crippen molar-refractivity contribution < 1.29 is 18.7 Å². The van der Waals surface area contributed by atoms with Crippen molar-refractivity contribution in [3.8, 4) is 0 Å². The quantitative estimate of drug-likeness (QED) is 0.856. The molecule has 1 N–H and O–H groups in total. The molecule has 0 atom stereocenters. The number of carbonyl (C=O) groups is 2. The smallest absolute Gasteiger partial charge is 0.339 e. The summed E-state index contributed by atoms with van der Waals surface area (Å²) < 4.78 is 10.7. The van der Waals surface area contributed by atoms with Gasteiger partial charge in [-0.1, -0.05) is 12.1 Å². The molecule has 0 unspecified atom stereocenters. The molecule has 0 saturated carbocycles. The summed E-state index contributed by atoms with van der Waals surface area (Å²) in [5.41, 5.74) is 1.09. The Morgan fingerprint density at radius 3 is 2.43 bits per heavy atom. The van der Waals surface area contributed by atoms with Gasteiger partial charge in [0.25, 0.3) is 5.91 Å². The van der Waals surface area contributed by atoms with Gasteiger partial charge >= 0.3 is 5.97 Å². The standard InChI is InChI=1S/C15H14BrNO4/c1-8-12(13(16)9(2)21-8)14(18)17-11-7-5-4-6-10(11)15(19)20-3/h4-7H,1-3H3,(H,17,18). The first kappa shape index (κ1) is 15.3. The summed E-state index contributed by atoms with van der Waals surface area (Å²) in [5.74, 6) is 0.268. The predicted molar refractivity (Wildman–Crippen MR) is 81.6 cm³/mol. The molecule has 2 aromatic rings. The average molecular weight is 352 g/mol. The predicted octanol–water partition coefficient (Wildman–Crippen LogP) is 3.70. The lowest BCUT2D eigenvalue weighted by molar-refractivity contribution is 0.0602. The number of hydrogen-bond acceptors (Lipinski definition) is 4. The Morgan fingerprint density at radius 2 is 1.86 bits per heavy atom. The minimum absolute atomic E-state index is 0.294. The number of aryl methyl sites for hydroxylation is 2. The summed E-state index contributed by atoms with van der Waals surface area (Å²) in [6, 6.07) is 6.65. The Kier molecular flexibility index (Phi) is 4.47. The van der Waals surface area contributed by atoms with Crippen molar-refractivity contribution in [2.24, 2.45) is 0 Å². The molecule has 1 aromatic carbocycles. The van der Waals surface area contributed by atoms with Gasteiger partial charge in [0, 0.05) is 0 Å². The van der Waals surface area contributed by atoms with Crippen LogP contribution in [0.2, 0.25) is 0 Å². The maximum atomic E-state index is 12.4. The highest BCUT2D eigenvalue weighted by Crippen LogP contribution is 2.28. The Balaban J connectivity index is 2.34. The van der Waals surface area contributed by atoms with Crippen molar-refractivity contribution in [1.29, 1.82) is 0 Å². The van der Waals surface area contributed by atoms with Crippen LogP contribution in [-0.2, 0) is 4.74 Å². The molecule has 1 amide bonds. The van der Waals surface area contributed by atoms with Gasteiger partial charge in [-0.25, -0.2) is 4.79 Å². The van der Waals surface area contributed by atoms with Gasteiger partial charge in [0.05, 0.1) is 28.4 Å². The first-order chi connectivity index (χ1) is 9.95. The number of para-hydroxylation sites is 1. The van der Waals surface area contributed by atoms with Crippen molar-refractivity contribution in [2.75, 3.05) is 12.4 Å². The van der Waals surface area contributed by atoms with Crippen LogP contribution in [0.5, 0.6) is 0 Å². The van der Waals surface area contributed by atoms with Gasteiger partial charge in [0.2, 0.25) is 0 Å². The number of hydrogen-bond donors (Lipinski definition) is 1. The summed E-state index contributed by atoms with van der Waals surface area (Å²) in [6.45, 7) is 3.47. The number of furan rings is 1. The lowest BCUT2D eigenvalue weighted by Gasteiger charge is -2.09. The van der Waals surface area contributed by atoms with Crippen LogP contribution < -0.4 is 5.32 Å². The minimum Gasteiger partial charge on any atom is -0.465 e. The van der Waals surface area contributed by atoms with E-state index in [1.807, 2.05) is 0 Å². The molecular formula is C15H14BrNO4. The summed E-state index contributed by atoms with van der Waals surface area (Å²) in [6.07, 6.45) is 0. The summed E-state index contributed by atoms with van der Waals surface area (Å²) in [7, 11) is 1.29. The molecule has 6 heteroatoms. The van der Waals surface area contributed by atoms with E-state index in [2.05, 4.69) is 21.2 Å². The number of ether oxygens (including phenoxy) is 1. The number of carbonyl (C=O) groups excluding carboxylic acids is 2. The number of rotatable bonds is 3. The SMILES string of the molecule is COC(=O)c1ccccc1NC(=O)c1c(C)oc(C)c1Br. The second-order valence-corrected chi connectivity index (χ2v) is 5.19. The lowest BCUT2D eigenvalue weighted by Crippen LogP contribution is -2.16. The van der Waals surface area contributed by atoms with Gasteiger partial charge in [-0.15, -0.1) is 0 Å². The zero-order valence-corrected chi connectivity index (χ0v) is 13.4. The van der Waals surface area contributed by atoms with Gasteiger partial charge in [0.1, 0.15) is 11.5 Å². The van der Waals surface area contributed by atoms with Gasteiger partial charge < -0.3 is 14.5 Å². The molecule has 0 aliphatic carbocycles. The first-order valence-corrected chi connectivity index (χ1v) is 6.99. The molecule has 0 aliphatic heterocycles. The van der Waals surface area contributed by atoms with Gasteiger partial charge in [0.15, 0.2) is 0 Å². The van der Waals surface area contributed by atoms with Crippen molar-refractivity contribution >= 4 is 33.5 Å². The molecular weight excluding hydrogens is 338 g/mol. The fourth-order valence-electron chi connectivity index (χ4n) is 1.98. The van der Waals surface area contributed by atoms with E-state index in [0.29, 0.717) is 32.8 Å². The van der Waals surface area contributed by atoms with E-state index in [9.17, 15) is 9.59 Å². The third-order valence-corrected chi connectivity index (χ3v) is 3.95. The molecule has 0 bridgehead atoms. The largest absolute Gasteiger partial charge is 0.465 e. The summed E-state index contributed by atoms with van der Waals surface area (Å²) >= 11 is 3.33. The number of nitrogens with one attached hydrogen (secondary N) is 1. The van der Waals surface area contributed by atoms with Crippen LogP contribution in [0.15, 0.2) is 33.2 Å². The number of esters is 1. The van der Waals surface area contributed by atoms with Gasteiger partial charge in [-0.05, 0) is 41.9 Å². The van der Waals surface area contributed by atoms with E-state index in [-0.39, 0.29) is 5.91 Å². The van der Waals surface area contributed by atoms with E-state index < -0.39 is 5.97 Å².